The van der Waals surface area contributed by atoms with E-state index in [4.69, 9.17) is 18.9 Å². The molecule has 0 radical (unpaired) electrons. The number of benzene rings is 2. The standard InChI is InChI=1S/C39H50O8/c1-20-22(3)34-28(24(5)32(20)40)11-13-38(7,46-34)15-17-44-36(42)30-26-9-10-27(19-26)31(30)37(43)45-18-16-39(8)14-12-29-25(6)33(41)21(2)23(4)35(29)47-39/h9-10,26-27,30-31,40-41H,11-19H2,1-8H3. The second-order valence-corrected chi connectivity index (χ2v) is 15.0. The molecule has 6 rings (SSSR count). The SMILES string of the molecule is Cc1c(C)c2c(c(C)c1O)CCC(C)(CCOC(=O)C1C3C=CC(C3)C1C(=O)OCCC1(C)CCc3c(C)c(O)c(C)c(C)c3O1)O2. The van der Waals surface area contributed by atoms with Crippen molar-refractivity contribution in [2.24, 2.45) is 23.7 Å². The van der Waals surface area contributed by atoms with Crippen LogP contribution < -0.4 is 9.47 Å². The lowest BCUT2D eigenvalue weighted by atomic mass is 9.83. The molecule has 2 bridgehead atoms. The summed E-state index contributed by atoms with van der Waals surface area (Å²) >= 11 is 0. The highest BCUT2D eigenvalue weighted by atomic mass is 16.5. The van der Waals surface area contributed by atoms with E-state index in [1.807, 2.05) is 67.5 Å². The number of carbonyl (C=O) groups is 2. The maximum Gasteiger partial charge on any atom is 0.310 e. The van der Waals surface area contributed by atoms with Crippen LogP contribution in [0.2, 0.25) is 0 Å². The third-order valence-corrected chi connectivity index (χ3v) is 11.9. The summed E-state index contributed by atoms with van der Waals surface area (Å²) in [5.41, 5.74) is 6.35. The van der Waals surface area contributed by atoms with Crippen molar-refractivity contribution in [3.63, 3.8) is 0 Å². The molecule has 2 aliphatic heterocycles. The fraction of sp³-hybridized carbons (Fsp3) is 0.590. The van der Waals surface area contributed by atoms with E-state index in [1.54, 1.807) is 0 Å². The summed E-state index contributed by atoms with van der Waals surface area (Å²) < 4.78 is 24.8. The van der Waals surface area contributed by atoms with Crippen LogP contribution in [-0.4, -0.2) is 46.6 Å². The Balaban J connectivity index is 1.04. The normalized spacial score (nSPS) is 28.7. The van der Waals surface area contributed by atoms with Crippen molar-refractivity contribution in [1.82, 2.24) is 0 Å². The number of phenols is 2. The summed E-state index contributed by atoms with van der Waals surface area (Å²) in [6, 6.07) is 0. The van der Waals surface area contributed by atoms with Crippen LogP contribution in [-0.2, 0) is 31.9 Å². The van der Waals surface area contributed by atoms with Gasteiger partial charge in [0.15, 0.2) is 0 Å². The van der Waals surface area contributed by atoms with Gasteiger partial charge in [-0.1, -0.05) is 12.2 Å². The van der Waals surface area contributed by atoms with Crippen LogP contribution in [0.3, 0.4) is 0 Å². The van der Waals surface area contributed by atoms with Crippen molar-refractivity contribution in [2.45, 2.75) is 112 Å². The van der Waals surface area contributed by atoms with E-state index in [0.717, 1.165) is 88.1 Å². The first-order valence-corrected chi connectivity index (χ1v) is 17.2. The predicted octanol–water partition coefficient (Wildman–Crippen LogP) is 7.12. The molecule has 2 N–H and O–H groups in total. The van der Waals surface area contributed by atoms with Crippen LogP contribution in [0.4, 0.5) is 0 Å². The molecule has 2 aliphatic carbocycles. The second kappa shape index (κ2) is 12.1. The van der Waals surface area contributed by atoms with Crippen LogP contribution in [0, 0.1) is 65.2 Å². The predicted molar refractivity (Wildman–Crippen MR) is 178 cm³/mol. The summed E-state index contributed by atoms with van der Waals surface area (Å²) in [7, 11) is 0. The van der Waals surface area contributed by atoms with E-state index in [-0.39, 0.29) is 37.0 Å². The molecule has 2 heterocycles. The first-order valence-electron chi connectivity index (χ1n) is 17.2. The number of phenolic OH excluding ortho intramolecular Hbond substituents is 2. The molecule has 0 spiro atoms. The molecule has 47 heavy (non-hydrogen) atoms. The summed E-state index contributed by atoms with van der Waals surface area (Å²) in [6.07, 6.45) is 8.97. The van der Waals surface area contributed by atoms with Gasteiger partial charge < -0.3 is 29.2 Å². The third-order valence-electron chi connectivity index (χ3n) is 11.9. The zero-order chi connectivity index (χ0) is 34.0. The fourth-order valence-corrected chi connectivity index (χ4v) is 8.33. The van der Waals surface area contributed by atoms with Crippen molar-refractivity contribution in [3.8, 4) is 23.0 Å². The highest BCUT2D eigenvalue weighted by Gasteiger charge is 2.53. The first-order chi connectivity index (χ1) is 22.1. The molecular formula is C39H50O8. The van der Waals surface area contributed by atoms with Crippen LogP contribution in [0.25, 0.3) is 0 Å². The summed E-state index contributed by atoms with van der Waals surface area (Å²) in [5, 5.41) is 21.0. The Labute approximate surface area is 278 Å². The smallest absolute Gasteiger partial charge is 0.310 e. The Morgan fingerprint density at radius 2 is 1.06 bits per heavy atom. The van der Waals surface area contributed by atoms with Crippen LogP contribution in [0.15, 0.2) is 12.2 Å². The van der Waals surface area contributed by atoms with Gasteiger partial charge in [0.05, 0.1) is 25.0 Å². The minimum absolute atomic E-state index is 0.0266. The molecule has 1 saturated carbocycles. The first kappa shape index (κ1) is 33.2. The van der Waals surface area contributed by atoms with Crippen LogP contribution in [0.5, 0.6) is 23.0 Å². The summed E-state index contributed by atoms with van der Waals surface area (Å²) in [6.45, 7) is 16.1. The fourth-order valence-electron chi connectivity index (χ4n) is 8.33. The zero-order valence-corrected chi connectivity index (χ0v) is 29.2. The minimum Gasteiger partial charge on any atom is -0.507 e. The van der Waals surface area contributed by atoms with Crippen molar-refractivity contribution in [2.75, 3.05) is 13.2 Å². The number of fused-ring (bicyclic) bond motifs is 4. The maximum absolute atomic E-state index is 13.5. The van der Waals surface area contributed by atoms with E-state index in [1.165, 1.54) is 0 Å². The number of carbonyl (C=O) groups excluding carboxylic acids is 2. The van der Waals surface area contributed by atoms with Gasteiger partial charge in [0, 0.05) is 24.0 Å². The van der Waals surface area contributed by atoms with E-state index >= 15 is 0 Å². The molecule has 8 heteroatoms. The zero-order valence-electron chi connectivity index (χ0n) is 29.2. The van der Waals surface area contributed by atoms with Gasteiger partial charge in [0.1, 0.15) is 34.2 Å². The van der Waals surface area contributed by atoms with Crippen molar-refractivity contribution >= 4 is 11.9 Å². The minimum atomic E-state index is -0.552. The van der Waals surface area contributed by atoms with Gasteiger partial charge in [-0.15, -0.1) is 0 Å². The van der Waals surface area contributed by atoms with Gasteiger partial charge in [-0.25, -0.2) is 0 Å². The molecule has 0 amide bonds. The highest BCUT2D eigenvalue weighted by molar-refractivity contribution is 5.84. The molecule has 1 fully saturated rings. The molecule has 2 aromatic rings. The lowest BCUT2D eigenvalue weighted by Gasteiger charge is -2.38. The average molecular weight is 647 g/mol. The van der Waals surface area contributed by atoms with E-state index in [2.05, 4.69) is 0 Å². The molecule has 2 aromatic carbocycles. The Bertz CT molecular complexity index is 1540. The van der Waals surface area contributed by atoms with E-state index < -0.39 is 23.0 Å². The molecule has 6 unspecified atom stereocenters. The second-order valence-electron chi connectivity index (χ2n) is 15.0. The van der Waals surface area contributed by atoms with Gasteiger partial charge >= 0.3 is 11.9 Å². The largest absolute Gasteiger partial charge is 0.507 e. The quantitative estimate of drug-likeness (QED) is 0.230. The van der Waals surface area contributed by atoms with E-state index in [9.17, 15) is 19.8 Å². The van der Waals surface area contributed by atoms with Gasteiger partial charge in [-0.2, -0.15) is 0 Å². The van der Waals surface area contributed by atoms with Crippen LogP contribution in [0.1, 0.15) is 90.5 Å². The molecule has 6 atom stereocenters. The van der Waals surface area contributed by atoms with Crippen molar-refractivity contribution < 1.29 is 38.7 Å². The Morgan fingerprint density at radius 3 is 1.45 bits per heavy atom. The number of hydrogen-bond acceptors (Lipinski definition) is 8. The van der Waals surface area contributed by atoms with Gasteiger partial charge in [-0.3, -0.25) is 9.59 Å². The van der Waals surface area contributed by atoms with Crippen molar-refractivity contribution in [1.29, 1.82) is 0 Å². The topological polar surface area (TPSA) is 112 Å². The lowest BCUT2D eigenvalue weighted by Crippen LogP contribution is -2.40. The molecular weight excluding hydrogens is 596 g/mol. The van der Waals surface area contributed by atoms with E-state index in [0.29, 0.717) is 24.3 Å². The Hall–Kier alpha value is -3.68. The number of aromatic hydroxyl groups is 2. The van der Waals surface area contributed by atoms with Crippen molar-refractivity contribution in [3.05, 3.63) is 56.7 Å². The lowest BCUT2D eigenvalue weighted by molar-refractivity contribution is -0.162. The molecule has 254 valence electrons. The third kappa shape index (κ3) is 5.76. The number of hydrogen-bond donors (Lipinski definition) is 2. The van der Waals surface area contributed by atoms with Gasteiger partial charge in [0.2, 0.25) is 0 Å². The Morgan fingerprint density at radius 1 is 0.681 bits per heavy atom. The van der Waals surface area contributed by atoms with Gasteiger partial charge in [-0.05, 0) is 133 Å². The number of allylic oxidation sites excluding steroid dienone is 2. The molecule has 4 aliphatic rings. The summed E-state index contributed by atoms with van der Waals surface area (Å²) in [5.74, 6) is 0.472. The number of rotatable bonds is 8. The molecule has 0 saturated heterocycles. The highest BCUT2D eigenvalue weighted by Crippen LogP contribution is 2.50. The van der Waals surface area contributed by atoms with Crippen LogP contribution >= 0.6 is 0 Å². The summed E-state index contributed by atoms with van der Waals surface area (Å²) in [4.78, 5) is 27.0. The average Bonchev–Trinajstić information content (AvgIpc) is 3.67. The number of ether oxygens (including phenoxy) is 4. The van der Waals surface area contributed by atoms with Gasteiger partial charge in [0.25, 0.3) is 0 Å². The number of esters is 2. The maximum atomic E-state index is 13.5. The molecule has 0 aromatic heterocycles. The monoisotopic (exact) mass is 646 g/mol. The Kier molecular flexibility index (Phi) is 8.54. The molecule has 8 nitrogen and oxygen atoms in total.